The highest BCUT2D eigenvalue weighted by molar-refractivity contribution is 4.72. The van der Waals surface area contributed by atoms with Crippen LogP contribution in [0.2, 0.25) is 0 Å². The first-order valence-corrected chi connectivity index (χ1v) is 6.05. The van der Waals surface area contributed by atoms with E-state index in [1.54, 1.807) is 0 Å². The zero-order chi connectivity index (χ0) is 11.0. The number of hydrogen-bond donors (Lipinski definition) is 1. The van der Waals surface area contributed by atoms with Crippen LogP contribution in [0.4, 0.5) is 0 Å². The Morgan fingerprint density at radius 2 is 1.79 bits per heavy atom. The second-order valence-electron chi connectivity index (χ2n) is 4.50. The minimum absolute atomic E-state index is 0.576. The zero-order valence-electron chi connectivity index (χ0n) is 10.4. The highest BCUT2D eigenvalue weighted by Crippen LogP contribution is 2.11. The Bertz CT molecular complexity index is 123. The van der Waals surface area contributed by atoms with Gasteiger partial charge in [-0.25, -0.2) is 0 Å². The fraction of sp³-hybridized carbons (Fsp3) is 1.00. The van der Waals surface area contributed by atoms with Crippen molar-refractivity contribution < 1.29 is 0 Å². The zero-order valence-corrected chi connectivity index (χ0v) is 10.4. The molecule has 0 saturated heterocycles. The summed E-state index contributed by atoms with van der Waals surface area (Å²) >= 11 is 0. The van der Waals surface area contributed by atoms with E-state index >= 15 is 0 Å². The maximum Gasteiger partial charge on any atom is 0.0218 e. The first kappa shape index (κ1) is 13.9. The molecule has 0 aliphatic heterocycles. The second kappa shape index (κ2) is 8.25. The SMILES string of the molecule is CCCCCCC(CN)N(C)C(C)C. The van der Waals surface area contributed by atoms with Gasteiger partial charge in [-0.1, -0.05) is 32.6 Å². The van der Waals surface area contributed by atoms with Crippen LogP contribution >= 0.6 is 0 Å². The van der Waals surface area contributed by atoms with Crippen LogP contribution in [0.25, 0.3) is 0 Å². The summed E-state index contributed by atoms with van der Waals surface area (Å²) in [6.07, 6.45) is 6.62. The minimum Gasteiger partial charge on any atom is -0.329 e. The van der Waals surface area contributed by atoms with E-state index in [0.717, 1.165) is 6.54 Å². The third-order valence-corrected chi connectivity index (χ3v) is 3.05. The van der Waals surface area contributed by atoms with Crippen molar-refractivity contribution in [2.75, 3.05) is 13.6 Å². The summed E-state index contributed by atoms with van der Waals surface area (Å²) in [4.78, 5) is 2.39. The Kier molecular flexibility index (Phi) is 8.20. The van der Waals surface area contributed by atoms with Crippen molar-refractivity contribution in [2.45, 2.75) is 65.0 Å². The first-order valence-electron chi connectivity index (χ1n) is 6.05. The van der Waals surface area contributed by atoms with Crippen LogP contribution in [0.3, 0.4) is 0 Å². The largest absolute Gasteiger partial charge is 0.329 e. The molecular weight excluding hydrogens is 172 g/mol. The second-order valence-corrected chi connectivity index (χ2v) is 4.50. The summed E-state index contributed by atoms with van der Waals surface area (Å²) in [7, 11) is 2.18. The van der Waals surface area contributed by atoms with Crippen molar-refractivity contribution in [2.24, 2.45) is 5.73 Å². The van der Waals surface area contributed by atoms with E-state index in [-0.39, 0.29) is 0 Å². The molecule has 0 spiro atoms. The van der Waals surface area contributed by atoms with Crippen molar-refractivity contribution in [3.63, 3.8) is 0 Å². The number of unbranched alkanes of at least 4 members (excludes halogenated alkanes) is 3. The predicted molar refractivity (Wildman–Crippen MR) is 64.5 cm³/mol. The topological polar surface area (TPSA) is 29.3 Å². The lowest BCUT2D eigenvalue weighted by atomic mass is 10.1. The van der Waals surface area contributed by atoms with Gasteiger partial charge in [-0.3, -0.25) is 4.90 Å². The van der Waals surface area contributed by atoms with Crippen LogP contribution in [-0.4, -0.2) is 30.6 Å². The average Bonchev–Trinajstić information content (AvgIpc) is 2.17. The number of rotatable bonds is 8. The smallest absolute Gasteiger partial charge is 0.0218 e. The maximum absolute atomic E-state index is 5.78. The molecule has 0 aromatic carbocycles. The van der Waals surface area contributed by atoms with Crippen molar-refractivity contribution in [1.82, 2.24) is 4.90 Å². The van der Waals surface area contributed by atoms with Gasteiger partial charge in [0.05, 0.1) is 0 Å². The highest BCUT2D eigenvalue weighted by atomic mass is 15.2. The van der Waals surface area contributed by atoms with E-state index in [2.05, 4.69) is 32.7 Å². The molecule has 14 heavy (non-hydrogen) atoms. The van der Waals surface area contributed by atoms with Crippen molar-refractivity contribution in [3.8, 4) is 0 Å². The van der Waals surface area contributed by atoms with Crippen LogP contribution < -0.4 is 5.73 Å². The van der Waals surface area contributed by atoms with Gasteiger partial charge in [0.25, 0.3) is 0 Å². The Labute approximate surface area is 89.9 Å². The van der Waals surface area contributed by atoms with Gasteiger partial charge in [0.1, 0.15) is 0 Å². The van der Waals surface area contributed by atoms with E-state index in [4.69, 9.17) is 5.73 Å². The number of hydrogen-bond acceptors (Lipinski definition) is 2. The molecule has 2 heteroatoms. The van der Waals surface area contributed by atoms with Crippen LogP contribution in [0.1, 0.15) is 52.9 Å². The van der Waals surface area contributed by atoms with E-state index in [1.165, 1.54) is 32.1 Å². The molecule has 0 aliphatic carbocycles. The summed E-state index contributed by atoms with van der Waals surface area (Å²) in [5.41, 5.74) is 5.78. The Morgan fingerprint density at radius 3 is 2.21 bits per heavy atom. The van der Waals surface area contributed by atoms with Gasteiger partial charge in [0.2, 0.25) is 0 Å². The van der Waals surface area contributed by atoms with Crippen molar-refractivity contribution >= 4 is 0 Å². The normalized spacial score (nSPS) is 13.9. The molecule has 2 N–H and O–H groups in total. The first-order chi connectivity index (χ1) is 6.63. The molecular formula is C12H28N2. The van der Waals surface area contributed by atoms with Gasteiger partial charge in [-0.05, 0) is 27.3 Å². The maximum atomic E-state index is 5.78. The number of nitrogens with two attached hydrogens (primary N) is 1. The standard InChI is InChI=1S/C12H28N2/c1-5-6-7-8-9-12(10-13)14(4)11(2)3/h11-12H,5-10,13H2,1-4H3. The van der Waals surface area contributed by atoms with E-state index in [0.29, 0.717) is 12.1 Å². The molecule has 0 fully saturated rings. The third kappa shape index (κ3) is 5.61. The lowest BCUT2D eigenvalue weighted by molar-refractivity contribution is 0.187. The summed E-state index contributed by atoms with van der Waals surface area (Å²) in [6.45, 7) is 7.50. The summed E-state index contributed by atoms with van der Waals surface area (Å²) < 4.78 is 0. The fourth-order valence-electron chi connectivity index (χ4n) is 1.72. The van der Waals surface area contributed by atoms with Gasteiger partial charge in [0, 0.05) is 18.6 Å². The van der Waals surface area contributed by atoms with Gasteiger partial charge >= 0.3 is 0 Å². The van der Waals surface area contributed by atoms with Crippen molar-refractivity contribution in [3.05, 3.63) is 0 Å². The third-order valence-electron chi connectivity index (χ3n) is 3.05. The molecule has 0 radical (unpaired) electrons. The van der Waals surface area contributed by atoms with Crippen LogP contribution in [0.15, 0.2) is 0 Å². The molecule has 1 atom stereocenters. The van der Waals surface area contributed by atoms with Gasteiger partial charge in [-0.15, -0.1) is 0 Å². The van der Waals surface area contributed by atoms with Crippen LogP contribution in [0, 0.1) is 0 Å². The highest BCUT2D eigenvalue weighted by Gasteiger charge is 2.14. The molecule has 0 bridgehead atoms. The summed E-state index contributed by atoms with van der Waals surface area (Å²) in [5, 5.41) is 0. The summed E-state index contributed by atoms with van der Waals surface area (Å²) in [6, 6.07) is 1.18. The van der Waals surface area contributed by atoms with Gasteiger partial charge in [-0.2, -0.15) is 0 Å². The lowest BCUT2D eigenvalue weighted by Crippen LogP contribution is -2.41. The van der Waals surface area contributed by atoms with E-state index in [1.807, 2.05) is 0 Å². The van der Waals surface area contributed by atoms with E-state index in [9.17, 15) is 0 Å². The van der Waals surface area contributed by atoms with Gasteiger partial charge in [0.15, 0.2) is 0 Å². The Hall–Kier alpha value is -0.0800. The fourth-order valence-corrected chi connectivity index (χ4v) is 1.72. The minimum atomic E-state index is 0.576. The Morgan fingerprint density at radius 1 is 1.14 bits per heavy atom. The molecule has 0 aromatic heterocycles. The number of likely N-dealkylation sites (N-methyl/N-ethyl adjacent to an activating group) is 1. The van der Waals surface area contributed by atoms with E-state index < -0.39 is 0 Å². The van der Waals surface area contributed by atoms with Crippen LogP contribution in [0.5, 0.6) is 0 Å². The Balaban J connectivity index is 3.67. The predicted octanol–water partition coefficient (Wildman–Crippen LogP) is 2.62. The molecule has 0 aromatic rings. The molecule has 1 unspecified atom stereocenters. The lowest BCUT2D eigenvalue weighted by Gasteiger charge is -2.30. The average molecular weight is 200 g/mol. The molecule has 86 valence electrons. The molecule has 0 rings (SSSR count). The molecule has 2 nitrogen and oxygen atoms in total. The van der Waals surface area contributed by atoms with Gasteiger partial charge < -0.3 is 5.73 Å². The summed E-state index contributed by atoms with van der Waals surface area (Å²) in [5.74, 6) is 0. The molecule has 0 heterocycles. The molecule has 0 amide bonds. The molecule has 0 aliphatic rings. The van der Waals surface area contributed by atoms with Crippen LogP contribution in [-0.2, 0) is 0 Å². The quantitative estimate of drug-likeness (QED) is 0.610. The monoisotopic (exact) mass is 200 g/mol. The molecule has 0 saturated carbocycles. The van der Waals surface area contributed by atoms with Crippen molar-refractivity contribution in [1.29, 1.82) is 0 Å². The number of nitrogens with zero attached hydrogens (tertiary/aromatic N) is 1.